The molecule has 4 nitrogen and oxygen atoms in total. The quantitative estimate of drug-likeness (QED) is 0.628. The molecule has 1 heterocycles. The topological polar surface area (TPSA) is 55.0 Å². The number of hydrogen-bond donors (Lipinski definition) is 1. The van der Waals surface area contributed by atoms with Gasteiger partial charge in [-0.3, -0.25) is 4.98 Å². The van der Waals surface area contributed by atoms with Crippen molar-refractivity contribution in [1.29, 1.82) is 0 Å². The molecule has 1 fully saturated rings. The number of anilines is 1. The third-order valence-electron chi connectivity index (χ3n) is 7.05. The summed E-state index contributed by atoms with van der Waals surface area (Å²) in [6, 6.07) is 4.43. The maximum atomic E-state index is 15.7. The predicted molar refractivity (Wildman–Crippen MR) is 125 cm³/mol. The molecule has 2 aliphatic carbocycles. The van der Waals surface area contributed by atoms with Crippen molar-refractivity contribution >= 4 is 5.82 Å². The molecule has 4 rings (SSSR count). The van der Waals surface area contributed by atoms with Crippen molar-refractivity contribution in [2.45, 2.75) is 63.8 Å². The summed E-state index contributed by atoms with van der Waals surface area (Å²) < 4.78 is 15.7. The fourth-order valence-electron chi connectivity index (χ4n) is 4.54. The fraction of sp³-hybridized carbons (Fsp3) is 0.462. The molecule has 0 bridgehead atoms. The maximum Gasteiger partial charge on any atom is 0.141 e. The molecule has 1 aromatic carbocycles. The van der Waals surface area contributed by atoms with Crippen LogP contribution in [-0.2, 0) is 6.42 Å². The Kier molecular flexibility index (Phi) is 6.51. The van der Waals surface area contributed by atoms with Gasteiger partial charge < -0.3 is 10.6 Å². The highest BCUT2D eigenvalue weighted by Gasteiger charge is 2.26. The molecule has 0 saturated heterocycles. The van der Waals surface area contributed by atoms with Crippen molar-refractivity contribution in [3.63, 3.8) is 0 Å². The second-order valence-corrected chi connectivity index (χ2v) is 9.16. The van der Waals surface area contributed by atoms with Crippen molar-refractivity contribution in [2.24, 2.45) is 0 Å². The SMILES string of the molecule is CC(C1=CC=C(CCc2c(C3CCC3)ccc(-c3cnc(N)cn3)c2F)CC1)N(C)C. The number of aromatic nitrogens is 2. The first-order valence-electron chi connectivity index (χ1n) is 11.4. The van der Waals surface area contributed by atoms with E-state index in [1.54, 1.807) is 6.20 Å². The molecular weight excluding hydrogens is 387 g/mol. The average Bonchev–Trinajstić information content (AvgIpc) is 2.73. The van der Waals surface area contributed by atoms with Gasteiger partial charge in [-0.2, -0.15) is 0 Å². The molecule has 1 atom stereocenters. The number of likely N-dealkylation sites (N-methyl/N-ethyl adjacent to an activating group) is 1. The summed E-state index contributed by atoms with van der Waals surface area (Å²) in [5.74, 6) is 0.692. The summed E-state index contributed by atoms with van der Waals surface area (Å²) in [5.41, 5.74) is 11.6. The molecule has 1 aromatic heterocycles. The minimum atomic E-state index is -0.141. The molecule has 31 heavy (non-hydrogen) atoms. The van der Waals surface area contributed by atoms with E-state index in [9.17, 15) is 0 Å². The number of halogens is 1. The Bertz CT molecular complexity index is 987. The number of nitrogens with zero attached hydrogens (tertiary/aromatic N) is 3. The Morgan fingerprint density at radius 1 is 1.10 bits per heavy atom. The van der Waals surface area contributed by atoms with Gasteiger partial charge in [-0.1, -0.05) is 35.8 Å². The first kappa shape index (κ1) is 21.7. The highest BCUT2D eigenvalue weighted by molar-refractivity contribution is 5.62. The third kappa shape index (κ3) is 4.72. The van der Waals surface area contributed by atoms with Crippen LogP contribution < -0.4 is 5.73 Å². The number of hydrogen-bond acceptors (Lipinski definition) is 4. The van der Waals surface area contributed by atoms with Crippen LogP contribution in [0.2, 0.25) is 0 Å². The van der Waals surface area contributed by atoms with Crippen LogP contribution in [0, 0.1) is 5.82 Å². The molecule has 0 amide bonds. The Balaban J connectivity index is 1.58. The molecule has 2 aliphatic rings. The molecule has 5 heteroatoms. The lowest BCUT2D eigenvalue weighted by Crippen LogP contribution is -2.27. The summed E-state index contributed by atoms with van der Waals surface area (Å²) in [6.45, 7) is 2.25. The van der Waals surface area contributed by atoms with Gasteiger partial charge >= 0.3 is 0 Å². The van der Waals surface area contributed by atoms with E-state index in [1.165, 1.54) is 29.3 Å². The zero-order valence-electron chi connectivity index (χ0n) is 18.9. The highest BCUT2D eigenvalue weighted by atomic mass is 19.1. The maximum absolute atomic E-state index is 15.7. The van der Waals surface area contributed by atoms with Gasteiger partial charge in [0.05, 0.1) is 18.1 Å². The minimum absolute atomic E-state index is 0.141. The van der Waals surface area contributed by atoms with E-state index in [0.29, 0.717) is 29.0 Å². The summed E-state index contributed by atoms with van der Waals surface area (Å²) in [4.78, 5) is 10.6. The number of benzene rings is 1. The van der Waals surface area contributed by atoms with E-state index in [-0.39, 0.29) is 5.82 Å². The van der Waals surface area contributed by atoms with E-state index in [1.807, 2.05) is 6.07 Å². The summed E-state index contributed by atoms with van der Waals surface area (Å²) in [5, 5.41) is 0. The number of nitrogens with two attached hydrogens (primary N) is 1. The van der Waals surface area contributed by atoms with E-state index in [0.717, 1.165) is 44.1 Å². The lowest BCUT2D eigenvalue weighted by atomic mass is 9.76. The summed E-state index contributed by atoms with van der Waals surface area (Å²) in [7, 11) is 4.24. The first-order valence-corrected chi connectivity index (χ1v) is 11.4. The van der Waals surface area contributed by atoms with Crippen molar-refractivity contribution in [3.05, 3.63) is 64.8 Å². The lowest BCUT2D eigenvalue weighted by Gasteiger charge is -2.29. The number of nitrogen functional groups attached to an aromatic ring is 1. The average molecular weight is 421 g/mol. The Morgan fingerprint density at radius 3 is 2.48 bits per heavy atom. The summed E-state index contributed by atoms with van der Waals surface area (Å²) in [6.07, 6.45) is 14.9. The third-order valence-corrected chi connectivity index (χ3v) is 7.05. The molecular formula is C26H33FN4. The van der Waals surface area contributed by atoms with Crippen molar-refractivity contribution in [3.8, 4) is 11.3 Å². The number of allylic oxidation sites excluding steroid dienone is 3. The van der Waals surface area contributed by atoms with Gasteiger partial charge in [-0.05, 0) is 82.7 Å². The fourth-order valence-corrected chi connectivity index (χ4v) is 4.54. The monoisotopic (exact) mass is 420 g/mol. The van der Waals surface area contributed by atoms with Crippen LogP contribution in [0.5, 0.6) is 0 Å². The normalized spacial score (nSPS) is 17.8. The van der Waals surface area contributed by atoms with Crippen molar-refractivity contribution in [1.82, 2.24) is 14.9 Å². The van der Waals surface area contributed by atoms with E-state index in [4.69, 9.17) is 5.73 Å². The second-order valence-electron chi connectivity index (χ2n) is 9.16. The zero-order valence-corrected chi connectivity index (χ0v) is 18.9. The van der Waals surface area contributed by atoms with Gasteiger partial charge in [0.25, 0.3) is 0 Å². The largest absolute Gasteiger partial charge is 0.382 e. The molecule has 1 unspecified atom stereocenters. The second kappa shape index (κ2) is 9.31. The van der Waals surface area contributed by atoms with Crippen LogP contribution in [0.25, 0.3) is 11.3 Å². The van der Waals surface area contributed by atoms with Gasteiger partial charge in [0, 0.05) is 11.6 Å². The molecule has 1 saturated carbocycles. The highest BCUT2D eigenvalue weighted by Crippen LogP contribution is 2.41. The minimum Gasteiger partial charge on any atom is -0.382 e. The Morgan fingerprint density at radius 2 is 1.90 bits per heavy atom. The van der Waals surface area contributed by atoms with E-state index in [2.05, 4.69) is 54.1 Å². The first-order chi connectivity index (χ1) is 14.9. The van der Waals surface area contributed by atoms with Gasteiger partial charge in [-0.25, -0.2) is 9.37 Å². The Labute approximate surface area is 185 Å². The molecule has 0 radical (unpaired) electrons. The van der Waals surface area contributed by atoms with Crippen molar-refractivity contribution in [2.75, 3.05) is 19.8 Å². The van der Waals surface area contributed by atoms with Gasteiger partial charge in [0.1, 0.15) is 11.6 Å². The molecule has 2 aromatic rings. The van der Waals surface area contributed by atoms with Gasteiger partial charge in [0.15, 0.2) is 0 Å². The van der Waals surface area contributed by atoms with Crippen LogP contribution in [0.4, 0.5) is 10.2 Å². The molecule has 164 valence electrons. The lowest BCUT2D eigenvalue weighted by molar-refractivity contribution is 0.343. The molecule has 2 N–H and O–H groups in total. The number of rotatable bonds is 7. The van der Waals surface area contributed by atoms with E-state index >= 15 is 4.39 Å². The van der Waals surface area contributed by atoms with Crippen LogP contribution in [0.15, 0.2) is 47.8 Å². The zero-order chi connectivity index (χ0) is 22.0. The smallest absolute Gasteiger partial charge is 0.141 e. The van der Waals surface area contributed by atoms with Crippen molar-refractivity contribution < 1.29 is 4.39 Å². The van der Waals surface area contributed by atoms with Gasteiger partial charge in [-0.15, -0.1) is 0 Å². The van der Waals surface area contributed by atoms with Gasteiger partial charge in [0.2, 0.25) is 0 Å². The standard InChI is InChI=1S/C26H33FN4/c1-17(31(2)3)19-10-7-18(8-11-19)9-12-22-21(20-5-4-6-20)13-14-23(26(22)27)24-15-30-25(28)16-29-24/h7,10,13-17,20H,4-6,8-9,11-12H2,1-3H3,(H2,28,30). The summed E-state index contributed by atoms with van der Waals surface area (Å²) >= 11 is 0. The van der Waals surface area contributed by atoms with E-state index < -0.39 is 0 Å². The molecule has 0 aliphatic heterocycles. The van der Waals surface area contributed by atoms with Crippen LogP contribution in [0.1, 0.15) is 62.5 Å². The predicted octanol–water partition coefficient (Wildman–Crippen LogP) is 5.66. The van der Waals surface area contributed by atoms with Crippen LogP contribution in [0.3, 0.4) is 0 Å². The Hall–Kier alpha value is -2.53. The molecule has 0 spiro atoms. The van der Waals surface area contributed by atoms with Crippen LogP contribution in [-0.4, -0.2) is 35.0 Å². The van der Waals surface area contributed by atoms with Crippen LogP contribution >= 0.6 is 0 Å².